The van der Waals surface area contributed by atoms with Crippen LogP contribution in [0.5, 0.6) is 0 Å². The number of nitrogens with one attached hydrogen (secondary N) is 1. The molecule has 1 N–H and O–H groups in total. The lowest BCUT2D eigenvalue weighted by molar-refractivity contribution is -0.126. The molecule has 4 heterocycles. The van der Waals surface area contributed by atoms with Gasteiger partial charge in [0.15, 0.2) is 0 Å². The molecule has 32 heavy (non-hydrogen) atoms. The first-order valence-electron chi connectivity index (χ1n) is 10.6. The Kier molecular flexibility index (Phi) is 4.04. The molecule has 4 aromatic rings. The van der Waals surface area contributed by atoms with Crippen LogP contribution in [0.2, 0.25) is 0 Å². The Morgan fingerprint density at radius 3 is 2.69 bits per heavy atom. The molecular weight excluding hydrogens is 422 g/mol. The number of carbonyl (C=O) groups excluding carboxylic acids is 2. The van der Waals surface area contributed by atoms with E-state index in [1.807, 2.05) is 53.4 Å². The van der Waals surface area contributed by atoms with Crippen LogP contribution < -0.4 is 10.2 Å². The van der Waals surface area contributed by atoms with Crippen molar-refractivity contribution in [2.24, 2.45) is 5.92 Å². The fourth-order valence-electron chi connectivity index (χ4n) is 4.89. The molecule has 2 aliphatic rings. The molecule has 0 bridgehead atoms. The number of nitrogens with zero attached hydrogens (tertiary/aromatic N) is 4. The van der Waals surface area contributed by atoms with Gasteiger partial charge in [-0.3, -0.25) is 9.59 Å². The van der Waals surface area contributed by atoms with E-state index >= 15 is 0 Å². The molecule has 2 aromatic heterocycles. The fraction of sp³-hybridized carbons (Fsp3) is 0.250. The average molecular weight is 444 g/mol. The van der Waals surface area contributed by atoms with Gasteiger partial charge in [0.25, 0.3) is 0 Å². The van der Waals surface area contributed by atoms with Gasteiger partial charge in [-0.1, -0.05) is 55.5 Å². The normalized spacial score (nSPS) is 19.7. The standard InChI is InChI=1S/C24H21N5O2S/c1-14(2)13-28-18-9-5-3-7-15(18)24(22(28)31)11-20(30)27-21-16(24)12-25-29(21)23-26-17-8-4-6-10-19(17)32-23/h3-10,12,14H,11,13H2,1-2H3,(H,27,30)/t24-/m1/s1. The molecular formula is C24H21N5O2S. The lowest BCUT2D eigenvalue weighted by atomic mass is 9.72. The first-order valence-corrected chi connectivity index (χ1v) is 11.5. The zero-order valence-electron chi connectivity index (χ0n) is 17.7. The smallest absolute Gasteiger partial charge is 0.242 e. The van der Waals surface area contributed by atoms with Crippen molar-refractivity contribution in [2.75, 3.05) is 16.8 Å². The van der Waals surface area contributed by atoms with E-state index in [4.69, 9.17) is 4.98 Å². The van der Waals surface area contributed by atoms with E-state index in [1.165, 1.54) is 11.3 Å². The molecule has 0 radical (unpaired) electrons. The zero-order valence-corrected chi connectivity index (χ0v) is 18.5. The number of para-hydroxylation sites is 2. The van der Waals surface area contributed by atoms with E-state index in [0.29, 0.717) is 23.4 Å². The minimum atomic E-state index is -1.07. The molecule has 0 aliphatic carbocycles. The monoisotopic (exact) mass is 443 g/mol. The maximum Gasteiger partial charge on any atom is 0.242 e. The van der Waals surface area contributed by atoms with Crippen LogP contribution in [0, 0.1) is 5.92 Å². The number of thiazole rings is 1. The molecule has 0 fully saturated rings. The molecule has 6 rings (SSSR count). The summed E-state index contributed by atoms with van der Waals surface area (Å²) in [6, 6.07) is 15.7. The Hall–Kier alpha value is -3.52. The van der Waals surface area contributed by atoms with Crippen LogP contribution >= 0.6 is 11.3 Å². The van der Waals surface area contributed by atoms with Gasteiger partial charge >= 0.3 is 0 Å². The molecule has 7 nitrogen and oxygen atoms in total. The van der Waals surface area contributed by atoms with Crippen molar-refractivity contribution >= 4 is 44.9 Å². The number of hydrogen-bond acceptors (Lipinski definition) is 5. The molecule has 8 heteroatoms. The Labute approximate surface area is 188 Å². The number of anilines is 2. The third-order valence-electron chi connectivity index (χ3n) is 6.19. The number of aromatic nitrogens is 3. The van der Waals surface area contributed by atoms with Gasteiger partial charge in [-0.2, -0.15) is 9.78 Å². The van der Waals surface area contributed by atoms with Gasteiger partial charge in [0.05, 0.1) is 16.4 Å². The van der Waals surface area contributed by atoms with Crippen molar-refractivity contribution in [3.63, 3.8) is 0 Å². The predicted molar refractivity (Wildman–Crippen MR) is 124 cm³/mol. The summed E-state index contributed by atoms with van der Waals surface area (Å²) in [6.45, 7) is 4.77. The van der Waals surface area contributed by atoms with E-state index < -0.39 is 5.41 Å². The summed E-state index contributed by atoms with van der Waals surface area (Å²) in [5.41, 5.74) is 2.27. The third-order valence-corrected chi connectivity index (χ3v) is 7.20. The van der Waals surface area contributed by atoms with E-state index in [-0.39, 0.29) is 18.2 Å². The lowest BCUT2D eigenvalue weighted by Gasteiger charge is -2.32. The quantitative estimate of drug-likeness (QED) is 0.517. The largest absolute Gasteiger partial charge is 0.311 e. The predicted octanol–water partition coefficient (Wildman–Crippen LogP) is 4.11. The molecule has 1 spiro atoms. The number of rotatable bonds is 3. The summed E-state index contributed by atoms with van der Waals surface area (Å²) in [5, 5.41) is 8.21. The Morgan fingerprint density at radius 2 is 1.88 bits per heavy atom. The highest BCUT2D eigenvalue weighted by Gasteiger charge is 2.57. The van der Waals surface area contributed by atoms with Crippen LogP contribution in [0.25, 0.3) is 15.3 Å². The first-order chi connectivity index (χ1) is 15.5. The average Bonchev–Trinajstić information content (AvgIpc) is 3.44. The van der Waals surface area contributed by atoms with Gasteiger partial charge in [-0.15, -0.1) is 0 Å². The van der Waals surface area contributed by atoms with Crippen LogP contribution in [0.1, 0.15) is 31.4 Å². The van der Waals surface area contributed by atoms with Crippen LogP contribution in [-0.2, 0) is 15.0 Å². The minimum absolute atomic E-state index is 0.0626. The van der Waals surface area contributed by atoms with E-state index in [2.05, 4.69) is 24.3 Å². The van der Waals surface area contributed by atoms with Gasteiger partial charge in [0.2, 0.25) is 16.9 Å². The number of amides is 2. The van der Waals surface area contributed by atoms with Crippen molar-refractivity contribution in [3.05, 3.63) is 65.9 Å². The zero-order chi connectivity index (χ0) is 22.0. The van der Waals surface area contributed by atoms with Gasteiger partial charge in [-0.25, -0.2) is 4.98 Å². The van der Waals surface area contributed by atoms with Gasteiger partial charge in [0, 0.05) is 24.2 Å². The Morgan fingerprint density at radius 1 is 1.09 bits per heavy atom. The number of hydrogen-bond donors (Lipinski definition) is 1. The maximum atomic E-state index is 14.0. The van der Waals surface area contributed by atoms with Gasteiger partial charge in [-0.05, 0) is 29.7 Å². The van der Waals surface area contributed by atoms with Crippen molar-refractivity contribution in [1.82, 2.24) is 14.8 Å². The van der Waals surface area contributed by atoms with E-state index in [9.17, 15) is 9.59 Å². The number of fused-ring (bicyclic) bond motifs is 5. The summed E-state index contributed by atoms with van der Waals surface area (Å²) in [4.78, 5) is 33.5. The summed E-state index contributed by atoms with van der Waals surface area (Å²) in [5.74, 6) is 0.557. The summed E-state index contributed by atoms with van der Waals surface area (Å²) >= 11 is 1.50. The third kappa shape index (κ3) is 2.53. The number of benzene rings is 2. The second-order valence-electron chi connectivity index (χ2n) is 8.74. The molecule has 0 saturated heterocycles. The molecule has 0 saturated carbocycles. The second-order valence-corrected chi connectivity index (χ2v) is 9.75. The van der Waals surface area contributed by atoms with Crippen LogP contribution in [0.15, 0.2) is 54.7 Å². The van der Waals surface area contributed by atoms with Crippen LogP contribution in [0.4, 0.5) is 11.5 Å². The highest BCUT2D eigenvalue weighted by Crippen LogP contribution is 2.52. The van der Waals surface area contributed by atoms with Crippen molar-refractivity contribution in [2.45, 2.75) is 25.7 Å². The molecule has 2 aromatic carbocycles. The Balaban J connectivity index is 1.56. The minimum Gasteiger partial charge on any atom is -0.311 e. The molecule has 2 aliphatic heterocycles. The highest BCUT2D eigenvalue weighted by molar-refractivity contribution is 7.20. The molecule has 160 valence electrons. The van der Waals surface area contributed by atoms with Crippen molar-refractivity contribution in [1.29, 1.82) is 0 Å². The topological polar surface area (TPSA) is 80.1 Å². The molecule has 2 amide bonds. The van der Waals surface area contributed by atoms with Crippen molar-refractivity contribution in [3.8, 4) is 5.13 Å². The number of carbonyl (C=O) groups is 2. The lowest BCUT2D eigenvalue weighted by Crippen LogP contribution is -2.47. The van der Waals surface area contributed by atoms with E-state index in [0.717, 1.165) is 27.0 Å². The molecule has 1 atom stereocenters. The SMILES string of the molecule is CC(C)CN1C(=O)[C@]2(CC(=O)Nc3c2cnn3-c2nc3ccccc3s2)c2ccccc21. The van der Waals surface area contributed by atoms with E-state index in [1.54, 1.807) is 10.9 Å². The van der Waals surface area contributed by atoms with Crippen molar-refractivity contribution < 1.29 is 9.59 Å². The highest BCUT2D eigenvalue weighted by atomic mass is 32.1. The van der Waals surface area contributed by atoms with Gasteiger partial charge < -0.3 is 10.2 Å². The maximum absolute atomic E-state index is 14.0. The second kappa shape index (κ2) is 6.74. The summed E-state index contributed by atoms with van der Waals surface area (Å²) in [7, 11) is 0. The molecule has 0 unspecified atom stereocenters. The Bertz CT molecular complexity index is 1370. The summed E-state index contributed by atoms with van der Waals surface area (Å²) in [6.07, 6.45) is 1.78. The van der Waals surface area contributed by atoms with Gasteiger partial charge in [0.1, 0.15) is 11.2 Å². The van der Waals surface area contributed by atoms with Crippen LogP contribution in [-0.4, -0.2) is 33.1 Å². The summed E-state index contributed by atoms with van der Waals surface area (Å²) < 4.78 is 2.69. The fourth-order valence-corrected chi connectivity index (χ4v) is 5.82. The first kappa shape index (κ1) is 19.2. The van der Waals surface area contributed by atoms with Crippen LogP contribution in [0.3, 0.4) is 0 Å².